The highest BCUT2D eigenvalue weighted by atomic mass is 32.1. The quantitative estimate of drug-likeness (QED) is 0.633. The van der Waals surface area contributed by atoms with Gasteiger partial charge in [0.2, 0.25) is 11.8 Å². The molecule has 1 aromatic heterocycles. The summed E-state index contributed by atoms with van der Waals surface area (Å²) >= 11 is 1.31. The van der Waals surface area contributed by atoms with Crippen molar-refractivity contribution in [3.63, 3.8) is 0 Å². The summed E-state index contributed by atoms with van der Waals surface area (Å²) in [6.07, 6.45) is 4.76. The minimum absolute atomic E-state index is 0.00463. The molecule has 30 heavy (non-hydrogen) atoms. The van der Waals surface area contributed by atoms with E-state index in [1.54, 1.807) is 11.0 Å². The van der Waals surface area contributed by atoms with E-state index >= 15 is 0 Å². The van der Waals surface area contributed by atoms with Gasteiger partial charge in [0.05, 0.1) is 0 Å². The van der Waals surface area contributed by atoms with Crippen LogP contribution >= 0.6 is 11.5 Å². The van der Waals surface area contributed by atoms with Crippen LogP contribution in [0.15, 0.2) is 66.1 Å². The Hall–Kier alpha value is -3.32. The first kappa shape index (κ1) is 20.0. The number of aromatic nitrogens is 2. The molecule has 0 aliphatic carbocycles. The van der Waals surface area contributed by atoms with Gasteiger partial charge in [-0.15, -0.1) is 5.10 Å². The van der Waals surface area contributed by atoms with Gasteiger partial charge < -0.3 is 10.2 Å². The highest BCUT2D eigenvalue weighted by molar-refractivity contribution is 7.03. The number of carbonyl (C=O) groups excluding carboxylic acids is 2. The molecule has 1 aliphatic rings. The average molecular weight is 419 g/mol. The van der Waals surface area contributed by atoms with Gasteiger partial charge in [0.25, 0.3) is 0 Å². The number of carbonyl (C=O) groups is 2. The van der Waals surface area contributed by atoms with E-state index in [0.717, 1.165) is 22.5 Å². The van der Waals surface area contributed by atoms with Gasteiger partial charge in [-0.1, -0.05) is 47.0 Å². The second-order valence-corrected chi connectivity index (χ2v) is 7.81. The summed E-state index contributed by atoms with van der Waals surface area (Å²) in [6, 6.07) is 17.3. The molecule has 1 saturated heterocycles. The molecule has 1 N–H and O–H groups in total. The lowest BCUT2D eigenvalue weighted by Crippen LogP contribution is -2.40. The van der Waals surface area contributed by atoms with Gasteiger partial charge in [-0.3, -0.25) is 9.59 Å². The van der Waals surface area contributed by atoms with Crippen LogP contribution in [0.3, 0.4) is 0 Å². The number of anilines is 1. The number of amides is 2. The highest BCUT2D eigenvalue weighted by Crippen LogP contribution is 2.23. The van der Waals surface area contributed by atoms with Gasteiger partial charge in [-0.25, -0.2) is 0 Å². The molecule has 2 aromatic carbocycles. The molecular weight excluding hydrogens is 396 g/mol. The highest BCUT2D eigenvalue weighted by Gasteiger charge is 2.26. The largest absolute Gasteiger partial charge is 0.339 e. The maximum Gasteiger partial charge on any atom is 0.246 e. The fourth-order valence-electron chi connectivity index (χ4n) is 3.46. The molecule has 152 valence electrons. The van der Waals surface area contributed by atoms with Crippen molar-refractivity contribution < 1.29 is 9.59 Å². The van der Waals surface area contributed by atoms with E-state index in [4.69, 9.17) is 0 Å². The van der Waals surface area contributed by atoms with E-state index in [1.165, 1.54) is 11.5 Å². The van der Waals surface area contributed by atoms with Crippen LogP contribution in [0.4, 0.5) is 5.69 Å². The molecule has 0 atom stereocenters. The first-order valence-corrected chi connectivity index (χ1v) is 10.7. The molecule has 6 nitrogen and oxygen atoms in total. The lowest BCUT2D eigenvalue weighted by atomic mass is 9.95. The van der Waals surface area contributed by atoms with Gasteiger partial charge in [-0.05, 0) is 48.1 Å². The van der Waals surface area contributed by atoms with Crippen LogP contribution in [0.25, 0.3) is 17.3 Å². The van der Waals surface area contributed by atoms with Crippen molar-refractivity contribution >= 4 is 35.1 Å². The maximum atomic E-state index is 12.6. The molecule has 0 radical (unpaired) electrons. The van der Waals surface area contributed by atoms with Crippen molar-refractivity contribution in [1.29, 1.82) is 0 Å². The van der Waals surface area contributed by atoms with Crippen molar-refractivity contribution in [3.8, 4) is 11.3 Å². The number of nitrogens with zero attached hydrogens (tertiary/aromatic N) is 3. The lowest BCUT2D eigenvalue weighted by molar-refractivity contribution is -0.130. The lowest BCUT2D eigenvalue weighted by Gasteiger charge is -2.30. The van der Waals surface area contributed by atoms with E-state index in [9.17, 15) is 9.59 Å². The van der Waals surface area contributed by atoms with Gasteiger partial charge in [-0.2, -0.15) is 0 Å². The average Bonchev–Trinajstić information content (AvgIpc) is 3.34. The van der Waals surface area contributed by atoms with Gasteiger partial charge in [0, 0.05) is 41.7 Å². The second kappa shape index (κ2) is 9.45. The zero-order valence-corrected chi connectivity index (χ0v) is 17.2. The second-order valence-electron chi connectivity index (χ2n) is 7.20. The van der Waals surface area contributed by atoms with Crippen molar-refractivity contribution in [2.45, 2.75) is 12.8 Å². The zero-order chi connectivity index (χ0) is 20.8. The Morgan fingerprint density at radius 1 is 1.03 bits per heavy atom. The molecule has 0 spiro atoms. The van der Waals surface area contributed by atoms with E-state index < -0.39 is 0 Å². The summed E-state index contributed by atoms with van der Waals surface area (Å²) in [7, 11) is 0. The predicted octanol–water partition coefficient (Wildman–Crippen LogP) is 4.10. The van der Waals surface area contributed by atoms with Crippen LogP contribution in [0, 0.1) is 5.92 Å². The number of nitrogens with one attached hydrogen (secondary N) is 1. The van der Waals surface area contributed by atoms with Gasteiger partial charge >= 0.3 is 0 Å². The van der Waals surface area contributed by atoms with Crippen LogP contribution in [-0.4, -0.2) is 39.4 Å². The summed E-state index contributed by atoms with van der Waals surface area (Å²) in [4.78, 5) is 26.8. The fraction of sp³-hybridized carbons (Fsp3) is 0.217. The summed E-state index contributed by atoms with van der Waals surface area (Å²) in [5.74, 6) is -0.0931. The predicted molar refractivity (Wildman–Crippen MR) is 119 cm³/mol. The summed E-state index contributed by atoms with van der Waals surface area (Å²) in [5.41, 5.74) is 3.56. The topological polar surface area (TPSA) is 75.2 Å². The van der Waals surface area contributed by atoms with Crippen molar-refractivity contribution in [3.05, 3.63) is 71.6 Å². The van der Waals surface area contributed by atoms with Crippen LogP contribution < -0.4 is 5.32 Å². The number of hydrogen-bond acceptors (Lipinski definition) is 5. The van der Waals surface area contributed by atoms with Crippen LogP contribution in [0.1, 0.15) is 18.4 Å². The van der Waals surface area contributed by atoms with Crippen LogP contribution in [0.5, 0.6) is 0 Å². The Balaban J connectivity index is 1.27. The van der Waals surface area contributed by atoms with Crippen LogP contribution in [0.2, 0.25) is 0 Å². The summed E-state index contributed by atoms with van der Waals surface area (Å²) < 4.78 is 3.87. The third-order valence-electron chi connectivity index (χ3n) is 5.20. The molecule has 1 fully saturated rings. The molecular formula is C23H22N4O2S. The Morgan fingerprint density at radius 3 is 2.43 bits per heavy atom. The Labute approximate surface area is 179 Å². The van der Waals surface area contributed by atoms with Crippen molar-refractivity contribution in [2.24, 2.45) is 5.92 Å². The first-order valence-electron chi connectivity index (χ1n) is 9.89. The molecule has 2 heterocycles. The third-order valence-corrected chi connectivity index (χ3v) is 5.71. The number of benzene rings is 2. The van der Waals surface area contributed by atoms with E-state index in [2.05, 4.69) is 14.9 Å². The normalized spacial score (nSPS) is 14.7. The third kappa shape index (κ3) is 4.99. The molecule has 0 saturated carbocycles. The number of hydrogen-bond donors (Lipinski definition) is 1. The molecule has 7 heteroatoms. The molecule has 3 aromatic rings. The zero-order valence-electron chi connectivity index (χ0n) is 16.4. The Bertz CT molecular complexity index is 1010. The Morgan fingerprint density at radius 2 is 1.77 bits per heavy atom. The van der Waals surface area contributed by atoms with Crippen LogP contribution in [-0.2, 0) is 9.59 Å². The fourth-order valence-corrected chi connectivity index (χ4v) is 3.92. The standard InChI is InChI=1S/C23H22N4O2S/c28-22(11-6-17-4-2-1-3-5-17)27-14-12-19(13-15-27)23(29)24-20-9-7-18(8-10-20)21-16-30-26-25-21/h1-11,16,19H,12-15H2,(H,24,29)/b11-6+. The van der Waals surface area contributed by atoms with Gasteiger partial charge in [0.15, 0.2) is 0 Å². The number of piperidine rings is 1. The van der Waals surface area contributed by atoms with E-state index in [-0.39, 0.29) is 17.7 Å². The number of likely N-dealkylation sites (tertiary alicyclic amines) is 1. The summed E-state index contributed by atoms with van der Waals surface area (Å²) in [6.45, 7) is 1.18. The first-order chi connectivity index (χ1) is 14.7. The SMILES string of the molecule is O=C(Nc1ccc(-c2csnn2)cc1)C1CCN(C(=O)/C=C/c2ccccc2)CC1. The minimum atomic E-state index is -0.0884. The van der Waals surface area contributed by atoms with Crippen molar-refractivity contribution in [2.75, 3.05) is 18.4 Å². The molecule has 2 amide bonds. The smallest absolute Gasteiger partial charge is 0.246 e. The molecule has 0 bridgehead atoms. The minimum Gasteiger partial charge on any atom is -0.339 e. The molecule has 4 rings (SSSR count). The van der Waals surface area contributed by atoms with Gasteiger partial charge in [0.1, 0.15) is 5.69 Å². The Kier molecular flexibility index (Phi) is 6.29. The van der Waals surface area contributed by atoms with Crippen molar-refractivity contribution in [1.82, 2.24) is 14.5 Å². The van der Waals surface area contributed by atoms with E-state index in [0.29, 0.717) is 25.9 Å². The number of rotatable bonds is 5. The summed E-state index contributed by atoms with van der Waals surface area (Å²) in [5, 5.41) is 8.92. The molecule has 0 unspecified atom stereocenters. The monoisotopic (exact) mass is 418 g/mol. The maximum absolute atomic E-state index is 12.6. The van der Waals surface area contributed by atoms with E-state index in [1.807, 2.05) is 66.1 Å². The molecule has 1 aliphatic heterocycles.